The number of hydrogen-bond acceptors (Lipinski definition) is 2. The van der Waals surface area contributed by atoms with Gasteiger partial charge in [0, 0.05) is 19.5 Å². The number of rotatable bonds is 3. The van der Waals surface area contributed by atoms with E-state index in [-0.39, 0.29) is 11.7 Å². The number of halogens is 1. The van der Waals surface area contributed by atoms with Crippen LogP contribution in [0.15, 0.2) is 24.3 Å². The standard InChI is InChI=1S/C10H12ClNO2/c1-12(7-6-11)10(14)8-4-2-3-5-9(8)13/h2-5,13H,6-7H2,1H3. The first-order chi connectivity index (χ1) is 6.66. The van der Waals surface area contributed by atoms with Gasteiger partial charge in [-0.25, -0.2) is 0 Å². The van der Waals surface area contributed by atoms with Crippen LogP contribution in [0.4, 0.5) is 0 Å². The van der Waals surface area contributed by atoms with Crippen molar-refractivity contribution in [3.05, 3.63) is 29.8 Å². The van der Waals surface area contributed by atoms with Gasteiger partial charge >= 0.3 is 0 Å². The number of phenols is 1. The highest BCUT2D eigenvalue weighted by Crippen LogP contribution is 2.16. The minimum atomic E-state index is -0.219. The molecule has 76 valence electrons. The third-order valence-corrected chi connectivity index (χ3v) is 2.07. The highest BCUT2D eigenvalue weighted by molar-refractivity contribution is 6.18. The number of benzene rings is 1. The van der Waals surface area contributed by atoms with Crippen LogP contribution in [-0.2, 0) is 0 Å². The Balaban J connectivity index is 2.84. The molecule has 1 amide bonds. The van der Waals surface area contributed by atoms with Crippen LogP contribution in [0.5, 0.6) is 5.75 Å². The summed E-state index contributed by atoms with van der Waals surface area (Å²) in [5, 5.41) is 9.42. The summed E-state index contributed by atoms with van der Waals surface area (Å²) >= 11 is 5.51. The summed E-state index contributed by atoms with van der Waals surface area (Å²) in [6.07, 6.45) is 0. The minimum Gasteiger partial charge on any atom is -0.507 e. The maximum absolute atomic E-state index is 11.7. The quantitative estimate of drug-likeness (QED) is 0.777. The molecule has 0 atom stereocenters. The number of nitrogens with zero attached hydrogens (tertiary/aromatic N) is 1. The first-order valence-corrected chi connectivity index (χ1v) is 4.79. The van der Waals surface area contributed by atoms with E-state index in [1.165, 1.54) is 11.0 Å². The molecule has 0 heterocycles. The SMILES string of the molecule is CN(CCCl)C(=O)c1ccccc1O. The van der Waals surface area contributed by atoms with Crippen molar-refractivity contribution in [2.75, 3.05) is 19.5 Å². The molecule has 0 saturated heterocycles. The third-order valence-electron chi connectivity index (χ3n) is 1.90. The van der Waals surface area contributed by atoms with Crippen LogP contribution in [0, 0.1) is 0 Å². The van der Waals surface area contributed by atoms with Crippen molar-refractivity contribution in [2.45, 2.75) is 0 Å². The predicted molar refractivity (Wildman–Crippen MR) is 55.8 cm³/mol. The van der Waals surface area contributed by atoms with E-state index in [2.05, 4.69) is 0 Å². The number of phenolic OH excluding ortho intramolecular Hbond substituents is 1. The second-order valence-corrected chi connectivity index (χ2v) is 3.31. The first-order valence-electron chi connectivity index (χ1n) is 4.26. The minimum absolute atomic E-state index is 0.000998. The van der Waals surface area contributed by atoms with Crippen molar-refractivity contribution >= 4 is 17.5 Å². The van der Waals surface area contributed by atoms with E-state index in [1.54, 1.807) is 25.2 Å². The number of amides is 1. The lowest BCUT2D eigenvalue weighted by atomic mass is 10.2. The van der Waals surface area contributed by atoms with Crippen LogP contribution in [-0.4, -0.2) is 35.4 Å². The van der Waals surface area contributed by atoms with Crippen LogP contribution < -0.4 is 0 Å². The fourth-order valence-electron chi connectivity index (χ4n) is 1.09. The molecule has 0 aromatic heterocycles. The largest absolute Gasteiger partial charge is 0.507 e. The van der Waals surface area contributed by atoms with Crippen molar-refractivity contribution in [3.8, 4) is 5.75 Å². The maximum atomic E-state index is 11.7. The molecular weight excluding hydrogens is 202 g/mol. The van der Waals surface area contributed by atoms with Gasteiger partial charge in [0.25, 0.3) is 5.91 Å². The summed E-state index contributed by atoms with van der Waals surface area (Å²) in [4.78, 5) is 13.1. The molecule has 1 rings (SSSR count). The second kappa shape index (κ2) is 4.86. The lowest BCUT2D eigenvalue weighted by Crippen LogP contribution is -2.28. The zero-order valence-corrected chi connectivity index (χ0v) is 8.66. The summed E-state index contributed by atoms with van der Waals surface area (Å²) in [6, 6.07) is 6.46. The summed E-state index contributed by atoms with van der Waals surface area (Å²) < 4.78 is 0. The van der Waals surface area contributed by atoms with Gasteiger partial charge in [0.05, 0.1) is 5.56 Å². The Labute approximate surface area is 87.9 Å². The normalized spacial score (nSPS) is 9.86. The average molecular weight is 214 g/mol. The van der Waals surface area contributed by atoms with Crippen molar-refractivity contribution in [1.29, 1.82) is 0 Å². The molecule has 0 aliphatic rings. The summed E-state index contributed by atoms with van der Waals surface area (Å²) in [7, 11) is 1.65. The fourth-order valence-corrected chi connectivity index (χ4v) is 1.34. The Morgan fingerprint density at radius 3 is 2.71 bits per heavy atom. The van der Waals surface area contributed by atoms with Gasteiger partial charge in [0.15, 0.2) is 0 Å². The van der Waals surface area contributed by atoms with E-state index in [4.69, 9.17) is 11.6 Å². The highest BCUT2D eigenvalue weighted by Gasteiger charge is 2.13. The van der Waals surface area contributed by atoms with Gasteiger partial charge in [-0.2, -0.15) is 0 Å². The van der Waals surface area contributed by atoms with Crippen molar-refractivity contribution < 1.29 is 9.90 Å². The van der Waals surface area contributed by atoms with Crippen LogP contribution >= 0.6 is 11.6 Å². The number of aromatic hydroxyl groups is 1. The third kappa shape index (κ3) is 2.39. The molecule has 0 aliphatic heterocycles. The van der Waals surface area contributed by atoms with Gasteiger partial charge in [-0.3, -0.25) is 4.79 Å². The number of para-hydroxylation sites is 1. The van der Waals surface area contributed by atoms with Crippen LogP contribution in [0.1, 0.15) is 10.4 Å². The van der Waals surface area contributed by atoms with E-state index in [0.29, 0.717) is 18.0 Å². The number of hydrogen-bond donors (Lipinski definition) is 1. The monoisotopic (exact) mass is 213 g/mol. The Kier molecular flexibility index (Phi) is 3.77. The molecule has 0 unspecified atom stereocenters. The molecule has 1 aromatic rings. The fraction of sp³-hybridized carbons (Fsp3) is 0.300. The summed E-state index contributed by atoms with van der Waals surface area (Å²) in [5.41, 5.74) is 0.306. The molecule has 14 heavy (non-hydrogen) atoms. The Morgan fingerprint density at radius 2 is 2.14 bits per heavy atom. The van der Waals surface area contributed by atoms with E-state index in [0.717, 1.165) is 0 Å². The molecule has 4 heteroatoms. The number of carbonyl (C=O) groups excluding carboxylic acids is 1. The van der Waals surface area contributed by atoms with Gasteiger partial charge < -0.3 is 10.0 Å². The number of carbonyl (C=O) groups is 1. The average Bonchev–Trinajstić information content (AvgIpc) is 2.18. The van der Waals surface area contributed by atoms with E-state index < -0.39 is 0 Å². The van der Waals surface area contributed by atoms with Gasteiger partial charge in [-0.05, 0) is 12.1 Å². The van der Waals surface area contributed by atoms with Crippen molar-refractivity contribution in [3.63, 3.8) is 0 Å². The van der Waals surface area contributed by atoms with Gasteiger partial charge in [0.2, 0.25) is 0 Å². The van der Waals surface area contributed by atoms with E-state index >= 15 is 0 Å². The van der Waals surface area contributed by atoms with Crippen LogP contribution in [0.3, 0.4) is 0 Å². The van der Waals surface area contributed by atoms with Gasteiger partial charge in [-0.15, -0.1) is 11.6 Å². The van der Waals surface area contributed by atoms with Crippen LogP contribution in [0.2, 0.25) is 0 Å². The molecule has 1 N–H and O–H groups in total. The smallest absolute Gasteiger partial charge is 0.257 e. The predicted octanol–water partition coefficient (Wildman–Crippen LogP) is 1.70. The van der Waals surface area contributed by atoms with Crippen molar-refractivity contribution in [1.82, 2.24) is 4.90 Å². The molecule has 3 nitrogen and oxygen atoms in total. The zero-order valence-electron chi connectivity index (χ0n) is 7.90. The Bertz CT molecular complexity index is 328. The molecule has 0 aliphatic carbocycles. The molecule has 0 spiro atoms. The van der Waals surface area contributed by atoms with Crippen LogP contribution in [0.25, 0.3) is 0 Å². The zero-order chi connectivity index (χ0) is 10.6. The molecular formula is C10H12ClNO2. The first kappa shape index (κ1) is 10.9. The summed E-state index contributed by atoms with van der Waals surface area (Å²) in [5.74, 6) is 0.165. The lowest BCUT2D eigenvalue weighted by Gasteiger charge is -2.15. The lowest BCUT2D eigenvalue weighted by molar-refractivity contribution is 0.0800. The molecule has 1 aromatic carbocycles. The molecule has 0 fully saturated rings. The van der Waals surface area contributed by atoms with E-state index in [9.17, 15) is 9.90 Å². The number of alkyl halides is 1. The van der Waals surface area contributed by atoms with Gasteiger partial charge in [-0.1, -0.05) is 12.1 Å². The molecule has 0 saturated carbocycles. The molecule has 0 radical (unpaired) electrons. The van der Waals surface area contributed by atoms with Crippen molar-refractivity contribution in [2.24, 2.45) is 0 Å². The Hall–Kier alpha value is -1.22. The molecule has 0 bridgehead atoms. The second-order valence-electron chi connectivity index (χ2n) is 2.93. The van der Waals surface area contributed by atoms with Gasteiger partial charge in [0.1, 0.15) is 5.75 Å². The maximum Gasteiger partial charge on any atom is 0.257 e. The van der Waals surface area contributed by atoms with E-state index in [1.807, 2.05) is 0 Å². The summed E-state index contributed by atoms with van der Waals surface area (Å²) in [6.45, 7) is 0.467. The topological polar surface area (TPSA) is 40.5 Å². The Morgan fingerprint density at radius 1 is 1.50 bits per heavy atom. The highest BCUT2D eigenvalue weighted by atomic mass is 35.5.